The number of hydrogen-bond acceptors (Lipinski definition) is 8. The Bertz CT molecular complexity index is 2270. The number of aromatic nitrogens is 1. The molecule has 54 heavy (non-hydrogen) atoms. The minimum Gasteiger partial charge on any atom is -0.368 e. The van der Waals surface area contributed by atoms with E-state index in [2.05, 4.69) is 48.1 Å². The Hall–Kier alpha value is -5.23. The molecule has 0 saturated carbocycles. The highest BCUT2D eigenvalue weighted by molar-refractivity contribution is 7.99. The summed E-state index contributed by atoms with van der Waals surface area (Å²) in [5.74, 6) is -1.21. The number of thioether (sulfide) groups is 1. The van der Waals surface area contributed by atoms with Crippen LogP contribution in [0.5, 0.6) is 0 Å². The van der Waals surface area contributed by atoms with Crippen LogP contribution >= 0.6 is 11.8 Å². The quantitative estimate of drug-likeness (QED) is 0.128. The van der Waals surface area contributed by atoms with E-state index >= 15 is 0 Å². The summed E-state index contributed by atoms with van der Waals surface area (Å²) >= 11 is 1.47. The summed E-state index contributed by atoms with van der Waals surface area (Å²) in [5, 5.41) is 3.19. The highest BCUT2D eigenvalue weighted by Gasteiger charge is 2.46. The molecule has 5 amide bonds. The van der Waals surface area contributed by atoms with Crippen LogP contribution in [0.25, 0.3) is 10.9 Å². The first kappa shape index (κ1) is 35.8. The van der Waals surface area contributed by atoms with E-state index in [-0.39, 0.29) is 30.1 Å². The molecule has 4 aliphatic rings. The third-order valence-corrected chi connectivity index (χ3v) is 12.7. The Morgan fingerprint density at radius 1 is 0.889 bits per heavy atom. The molecule has 12 heteroatoms. The number of fused-ring (bicyclic) bond motifs is 5. The third-order valence-electron chi connectivity index (χ3n) is 11.5. The van der Waals surface area contributed by atoms with E-state index in [0.29, 0.717) is 55.2 Å². The van der Waals surface area contributed by atoms with Crippen LogP contribution in [0.2, 0.25) is 0 Å². The second-order valence-electron chi connectivity index (χ2n) is 15.1. The topological polar surface area (TPSA) is 140 Å². The van der Waals surface area contributed by atoms with Gasteiger partial charge in [0.2, 0.25) is 17.7 Å². The fourth-order valence-corrected chi connectivity index (χ4v) is 9.64. The molecule has 0 radical (unpaired) electrons. The molecule has 1 aromatic heterocycles. The number of aromatic amines is 1. The Morgan fingerprint density at radius 2 is 1.67 bits per heavy atom. The fourth-order valence-electron chi connectivity index (χ4n) is 8.55. The van der Waals surface area contributed by atoms with Gasteiger partial charge < -0.3 is 14.8 Å². The van der Waals surface area contributed by atoms with E-state index in [0.717, 1.165) is 62.3 Å². The van der Waals surface area contributed by atoms with Crippen molar-refractivity contribution in [2.45, 2.75) is 75.6 Å². The van der Waals surface area contributed by atoms with E-state index < -0.39 is 35.1 Å². The largest absolute Gasteiger partial charge is 0.368 e. The van der Waals surface area contributed by atoms with Crippen LogP contribution in [0.15, 0.2) is 59.5 Å². The van der Waals surface area contributed by atoms with E-state index in [9.17, 15) is 28.8 Å². The second-order valence-corrected chi connectivity index (χ2v) is 16.2. The van der Waals surface area contributed by atoms with Gasteiger partial charge in [-0.25, -0.2) is 0 Å². The molecular weight excluding hydrogens is 703 g/mol. The van der Waals surface area contributed by atoms with Crippen LogP contribution in [0.4, 0.5) is 5.69 Å². The standard InChI is InChI=1S/C42H43N5O6S/c1-4-24-22-27-28(42(2,3)38-36(37(27)50)25-10-5-6-12-29(25)43-38)23-31(24)45-17-19-46(20-18-45)34(49)14-7-8-21-54-32-13-9-11-26-35(32)41(53)47(40(26)52)30-15-16-33(48)44-39(30)51/h5-6,9-13,22-23,30,43H,4,7-8,14-21H2,1-3H3,(H,44,48,51). The van der Waals surface area contributed by atoms with Crippen molar-refractivity contribution < 1.29 is 28.8 Å². The first-order chi connectivity index (χ1) is 26.0. The fraction of sp³-hybridized carbons (Fsp3) is 0.381. The zero-order valence-electron chi connectivity index (χ0n) is 30.8. The van der Waals surface area contributed by atoms with Gasteiger partial charge in [0, 0.05) is 77.2 Å². The summed E-state index contributed by atoms with van der Waals surface area (Å²) in [6, 6.07) is 16.4. The molecule has 4 heterocycles. The van der Waals surface area contributed by atoms with E-state index in [1.807, 2.05) is 29.2 Å². The van der Waals surface area contributed by atoms with Gasteiger partial charge in [-0.2, -0.15) is 0 Å². The Labute approximate surface area is 317 Å². The molecule has 2 fully saturated rings. The molecule has 0 spiro atoms. The maximum atomic E-state index is 14.0. The highest BCUT2D eigenvalue weighted by Crippen LogP contribution is 2.46. The summed E-state index contributed by atoms with van der Waals surface area (Å²) in [5.41, 5.74) is 6.95. The molecular formula is C42H43N5O6S. The number of unbranched alkanes of at least 4 members (excludes halogenated alkanes) is 1. The van der Waals surface area contributed by atoms with Gasteiger partial charge in [0.25, 0.3) is 11.8 Å². The molecule has 2 N–H and O–H groups in total. The zero-order chi connectivity index (χ0) is 37.9. The summed E-state index contributed by atoms with van der Waals surface area (Å²) in [4.78, 5) is 87.4. The predicted octanol–water partition coefficient (Wildman–Crippen LogP) is 5.61. The summed E-state index contributed by atoms with van der Waals surface area (Å²) in [6.07, 6.45) is 2.85. The number of piperidine rings is 1. The Kier molecular flexibility index (Phi) is 9.20. The van der Waals surface area contributed by atoms with Gasteiger partial charge in [-0.3, -0.25) is 39.0 Å². The summed E-state index contributed by atoms with van der Waals surface area (Å²) < 4.78 is 0. The number of para-hydroxylation sites is 1. The first-order valence-electron chi connectivity index (χ1n) is 18.8. The van der Waals surface area contributed by atoms with Crippen molar-refractivity contribution in [2.24, 2.45) is 0 Å². The first-order valence-corrected chi connectivity index (χ1v) is 19.8. The Morgan fingerprint density at radius 3 is 2.43 bits per heavy atom. The smallest absolute Gasteiger partial charge is 0.263 e. The lowest BCUT2D eigenvalue weighted by Gasteiger charge is -2.39. The number of carbonyl (C=O) groups is 6. The van der Waals surface area contributed by atoms with Crippen molar-refractivity contribution in [3.8, 4) is 0 Å². The zero-order valence-corrected chi connectivity index (χ0v) is 31.6. The number of carbonyl (C=O) groups excluding carboxylic acids is 6. The number of hydrogen-bond donors (Lipinski definition) is 2. The molecule has 3 aliphatic heterocycles. The van der Waals surface area contributed by atoms with Crippen LogP contribution in [-0.4, -0.2) is 88.1 Å². The van der Waals surface area contributed by atoms with E-state index in [4.69, 9.17) is 0 Å². The second kappa shape index (κ2) is 13.9. The van der Waals surface area contributed by atoms with Crippen LogP contribution in [0, 0.1) is 0 Å². The van der Waals surface area contributed by atoms with Gasteiger partial charge in [0.15, 0.2) is 5.78 Å². The molecule has 278 valence electrons. The van der Waals surface area contributed by atoms with Crippen LogP contribution in [0.3, 0.4) is 0 Å². The highest BCUT2D eigenvalue weighted by atomic mass is 32.2. The molecule has 2 saturated heterocycles. The van der Waals surface area contributed by atoms with Crippen LogP contribution < -0.4 is 10.2 Å². The summed E-state index contributed by atoms with van der Waals surface area (Å²) in [6.45, 7) is 9.15. The SMILES string of the molecule is CCc1cc2c(cc1N1CCN(C(=O)CCCCSc3cccc4c3C(=O)N(C3CCC(=O)NC3=O)C4=O)CC1)C(C)(C)c1[nH]c3ccccc3c1C2=O. The minimum absolute atomic E-state index is 0.0690. The summed E-state index contributed by atoms with van der Waals surface area (Å²) in [7, 11) is 0. The maximum absolute atomic E-state index is 14.0. The number of ketones is 1. The molecule has 1 atom stereocenters. The monoisotopic (exact) mass is 745 g/mol. The predicted molar refractivity (Wildman–Crippen MR) is 206 cm³/mol. The number of nitrogens with zero attached hydrogens (tertiary/aromatic N) is 3. The van der Waals surface area contributed by atoms with Gasteiger partial charge in [-0.1, -0.05) is 45.0 Å². The molecule has 3 aromatic carbocycles. The van der Waals surface area contributed by atoms with Gasteiger partial charge in [0.05, 0.1) is 16.7 Å². The van der Waals surface area contributed by atoms with Crippen molar-refractivity contribution in [1.29, 1.82) is 0 Å². The van der Waals surface area contributed by atoms with Gasteiger partial charge in [0.1, 0.15) is 6.04 Å². The average molecular weight is 746 g/mol. The molecule has 1 unspecified atom stereocenters. The number of piperazine rings is 1. The van der Waals surface area contributed by atoms with Crippen molar-refractivity contribution in [1.82, 2.24) is 20.1 Å². The van der Waals surface area contributed by atoms with Gasteiger partial charge in [-0.15, -0.1) is 11.8 Å². The molecule has 11 nitrogen and oxygen atoms in total. The number of aryl methyl sites for hydroxylation is 1. The maximum Gasteiger partial charge on any atom is 0.263 e. The minimum atomic E-state index is -1.00. The van der Waals surface area contributed by atoms with Gasteiger partial charge >= 0.3 is 0 Å². The van der Waals surface area contributed by atoms with E-state index in [1.54, 1.807) is 18.2 Å². The average Bonchev–Trinajstić information content (AvgIpc) is 3.69. The number of nitrogens with one attached hydrogen (secondary N) is 2. The lowest BCUT2D eigenvalue weighted by atomic mass is 9.70. The van der Waals surface area contributed by atoms with Crippen molar-refractivity contribution >= 4 is 63.7 Å². The third kappa shape index (κ3) is 5.91. The van der Waals surface area contributed by atoms with Gasteiger partial charge in [-0.05, 0) is 72.9 Å². The van der Waals surface area contributed by atoms with E-state index in [1.165, 1.54) is 11.8 Å². The normalized spacial score (nSPS) is 19.3. The number of benzene rings is 3. The van der Waals surface area contributed by atoms with Crippen molar-refractivity contribution in [3.63, 3.8) is 0 Å². The van der Waals surface area contributed by atoms with Crippen molar-refractivity contribution in [3.05, 3.63) is 93.7 Å². The lowest BCUT2D eigenvalue weighted by Crippen LogP contribution is -2.54. The number of H-pyrrole nitrogens is 1. The van der Waals surface area contributed by atoms with Crippen molar-refractivity contribution in [2.75, 3.05) is 36.8 Å². The lowest BCUT2D eigenvalue weighted by molar-refractivity contribution is -0.136. The molecule has 4 aromatic rings. The van der Waals surface area contributed by atoms with Crippen LogP contribution in [0.1, 0.15) is 106 Å². The number of amides is 5. The number of imide groups is 2. The number of rotatable bonds is 9. The number of anilines is 1. The Balaban J connectivity index is 0.863. The molecule has 1 aliphatic carbocycles. The molecule has 8 rings (SSSR count). The van der Waals surface area contributed by atoms with Crippen LogP contribution in [-0.2, 0) is 26.2 Å². The molecule has 0 bridgehead atoms.